The summed E-state index contributed by atoms with van der Waals surface area (Å²) in [5.41, 5.74) is -0.173. The number of ketones is 1. The molecule has 0 aromatic heterocycles. The zero-order valence-electron chi connectivity index (χ0n) is 15.3. The van der Waals surface area contributed by atoms with Crippen molar-refractivity contribution >= 4 is 11.8 Å². The summed E-state index contributed by atoms with van der Waals surface area (Å²) in [6.45, 7) is 0.467. The molecule has 3 aliphatic rings. The van der Waals surface area contributed by atoms with Gasteiger partial charge in [0.25, 0.3) is 5.72 Å². The third-order valence-corrected chi connectivity index (χ3v) is 5.56. The van der Waals surface area contributed by atoms with E-state index < -0.39 is 17.5 Å². The molecule has 0 saturated carbocycles. The van der Waals surface area contributed by atoms with Crippen molar-refractivity contribution in [3.63, 3.8) is 0 Å². The van der Waals surface area contributed by atoms with Crippen molar-refractivity contribution in [2.75, 3.05) is 27.5 Å². The number of rotatable bonds is 1. The average Bonchev–Trinajstić information content (AvgIpc) is 3.17. The molecule has 0 amide bonds. The summed E-state index contributed by atoms with van der Waals surface area (Å²) < 4.78 is 21.7. The third-order valence-electron chi connectivity index (χ3n) is 5.56. The summed E-state index contributed by atoms with van der Waals surface area (Å²) in [7, 11) is 3.17. The summed E-state index contributed by atoms with van der Waals surface area (Å²) in [6.07, 6.45) is 0.614. The van der Waals surface area contributed by atoms with E-state index in [1.54, 1.807) is 30.1 Å². The van der Waals surface area contributed by atoms with E-state index in [0.717, 1.165) is 5.56 Å². The Labute approximate surface area is 160 Å². The van der Waals surface area contributed by atoms with Gasteiger partial charge in [0.2, 0.25) is 12.6 Å². The Hall–Kier alpha value is -3.26. The molecule has 28 heavy (non-hydrogen) atoms. The number of hydrogen-bond acceptors (Lipinski definition) is 8. The van der Waals surface area contributed by atoms with Gasteiger partial charge in [-0.2, -0.15) is 0 Å². The lowest BCUT2D eigenvalue weighted by molar-refractivity contribution is -0.0954. The van der Waals surface area contributed by atoms with Crippen molar-refractivity contribution in [3.8, 4) is 23.0 Å². The Morgan fingerprint density at radius 3 is 2.82 bits per heavy atom. The number of hydrogen-bond donors (Lipinski definition) is 1. The van der Waals surface area contributed by atoms with Crippen molar-refractivity contribution in [3.05, 3.63) is 46.5 Å². The monoisotopic (exact) mass is 383 g/mol. The number of Topliss-reactive ketones (excluding diaryl/α,β-unsaturated/α-hetero) is 1. The molecule has 8 heteroatoms. The molecular formula is C20H17NO7. The van der Waals surface area contributed by atoms with Gasteiger partial charge >= 0.3 is 5.97 Å². The third kappa shape index (κ3) is 1.98. The maximum Gasteiger partial charge on any atom is 0.345 e. The molecular weight excluding hydrogens is 366 g/mol. The van der Waals surface area contributed by atoms with Gasteiger partial charge < -0.3 is 24.1 Å². The van der Waals surface area contributed by atoms with Crippen LogP contribution < -0.4 is 14.2 Å². The van der Waals surface area contributed by atoms with E-state index >= 15 is 0 Å². The van der Waals surface area contributed by atoms with Gasteiger partial charge in [-0.15, -0.1) is 0 Å². The number of nitrogens with zero attached hydrogens (tertiary/aromatic N) is 1. The number of esters is 1. The first kappa shape index (κ1) is 16.9. The SMILES string of the molecule is COc1cc2c(cc1O)[C@]1(OC(=O)c3c(ccc4c3OCO4)C1=O)N(C)CC2. The molecule has 0 unspecified atom stereocenters. The number of methoxy groups -OCH3 is 1. The van der Waals surface area contributed by atoms with Crippen LogP contribution in [0.4, 0.5) is 0 Å². The Kier molecular flexibility index (Phi) is 3.39. The maximum absolute atomic E-state index is 13.6. The molecule has 3 aliphatic heterocycles. The van der Waals surface area contributed by atoms with Gasteiger partial charge in [-0.3, -0.25) is 9.69 Å². The van der Waals surface area contributed by atoms with Crippen LogP contribution in [0.1, 0.15) is 31.8 Å². The fourth-order valence-corrected chi connectivity index (χ4v) is 4.15. The summed E-state index contributed by atoms with van der Waals surface area (Å²) in [5.74, 6) is -0.269. The second kappa shape index (κ2) is 5.62. The molecule has 3 heterocycles. The minimum Gasteiger partial charge on any atom is -0.504 e. The average molecular weight is 383 g/mol. The second-order valence-corrected chi connectivity index (χ2v) is 6.94. The van der Waals surface area contributed by atoms with Gasteiger partial charge in [0.05, 0.1) is 7.11 Å². The predicted molar refractivity (Wildman–Crippen MR) is 95.0 cm³/mol. The van der Waals surface area contributed by atoms with Crippen LogP contribution in [0.3, 0.4) is 0 Å². The minimum atomic E-state index is -1.66. The van der Waals surface area contributed by atoms with Crippen LogP contribution in [0.15, 0.2) is 24.3 Å². The molecule has 1 spiro atoms. The predicted octanol–water partition coefficient (Wildman–Crippen LogP) is 1.82. The van der Waals surface area contributed by atoms with Crippen LogP contribution in [0, 0.1) is 0 Å². The Morgan fingerprint density at radius 1 is 1.21 bits per heavy atom. The first-order chi connectivity index (χ1) is 13.5. The molecule has 2 aromatic rings. The van der Waals surface area contributed by atoms with Gasteiger partial charge in [-0.05, 0) is 43.3 Å². The number of likely N-dealkylation sites (N-methyl/N-ethyl adjacent to an activating group) is 1. The van der Waals surface area contributed by atoms with Gasteiger partial charge in [-0.1, -0.05) is 0 Å². The van der Waals surface area contributed by atoms with E-state index in [1.807, 2.05) is 0 Å². The molecule has 0 fully saturated rings. The molecule has 8 nitrogen and oxygen atoms in total. The highest BCUT2D eigenvalue weighted by molar-refractivity contribution is 6.16. The highest BCUT2D eigenvalue weighted by atomic mass is 16.7. The number of fused-ring (bicyclic) bond motifs is 5. The van der Waals surface area contributed by atoms with Crippen LogP contribution in [-0.4, -0.2) is 49.3 Å². The van der Waals surface area contributed by atoms with E-state index in [-0.39, 0.29) is 29.4 Å². The standard InChI is InChI=1S/C20H17NO7/c1-21-6-5-10-7-15(25-2)13(22)8-12(10)20(21)18(23)11-3-4-14-17(27-9-26-14)16(11)19(24)28-20/h3-4,7-8,22H,5-6,9H2,1-2H3/t20-/m1/s1. The summed E-state index contributed by atoms with van der Waals surface area (Å²) in [4.78, 5) is 28.3. The lowest BCUT2D eigenvalue weighted by Crippen LogP contribution is -2.58. The summed E-state index contributed by atoms with van der Waals surface area (Å²) >= 11 is 0. The van der Waals surface area contributed by atoms with Crippen LogP contribution in [-0.2, 0) is 16.9 Å². The molecule has 0 saturated heterocycles. The van der Waals surface area contributed by atoms with Crippen LogP contribution in [0.2, 0.25) is 0 Å². The number of ether oxygens (including phenoxy) is 4. The number of phenols is 1. The van der Waals surface area contributed by atoms with E-state index in [1.165, 1.54) is 13.2 Å². The van der Waals surface area contributed by atoms with Crippen molar-refractivity contribution < 1.29 is 33.6 Å². The van der Waals surface area contributed by atoms with Gasteiger partial charge in [-0.25, -0.2) is 4.79 Å². The minimum absolute atomic E-state index is 0.0190. The first-order valence-electron chi connectivity index (χ1n) is 8.79. The van der Waals surface area contributed by atoms with E-state index in [2.05, 4.69) is 0 Å². The highest BCUT2D eigenvalue weighted by Crippen LogP contribution is 2.49. The highest BCUT2D eigenvalue weighted by Gasteiger charge is 2.56. The number of benzene rings is 2. The number of carbonyl (C=O) groups excluding carboxylic acids is 2. The fourth-order valence-electron chi connectivity index (χ4n) is 4.15. The first-order valence-corrected chi connectivity index (χ1v) is 8.79. The largest absolute Gasteiger partial charge is 0.504 e. The van der Waals surface area contributed by atoms with Crippen molar-refractivity contribution in [2.45, 2.75) is 12.1 Å². The zero-order valence-corrected chi connectivity index (χ0v) is 15.3. The molecule has 0 aliphatic carbocycles. The maximum atomic E-state index is 13.6. The van der Waals surface area contributed by atoms with Crippen LogP contribution in [0.25, 0.3) is 0 Å². The Balaban J connectivity index is 1.75. The van der Waals surface area contributed by atoms with E-state index in [9.17, 15) is 14.7 Å². The molecule has 144 valence electrons. The van der Waals surface area contributed by atoms with Gasteiger partial charge in [0.15, 0.2) is 23.0 Å². The molecule has 0 bridgehead atoms. The molecule has 2 aromatic carbocycles. The topological polar surface area (TPSA) is 94.5 Å². The second-order valence-electron chi connectivity index (χ2n) is 6.94. The van der Waals surface area contributed by atoms with Crippen molar-refractivity contribution in [2.24, 2.45) is 0 Å². The van der Waals surface area contributed by atoms with Crippen LogP contribution in [0.5, 0.6) is 23.0 Å². The zero-order chi connectivity index (χ0) is 19.6. The summed E-state index contributed by atoms with van der Waals surface area (Å²) in [6, 6.07) is 6.28. The number of phenolic OH excluding ortho intramolecular Hbond substituents is 1. The molecule has 5 rings (SSSR count). The quantitative estimate of drug-likeness (QED) is 0.746. The lowest BCUT2D eigenvalue weighted by Gasteiger charge is -2.46. The molecule has 1 N–H and O–H groups in total. The Morgan fingerprint density at radius 2 is 2.04 bits per heavy atom. The van der Waals surface area contributed by atoms with Gasteiger partial charge in [0.1, 0.15) is 5.56 Å². The van der Waals surface area contributed by atoms with Gasteiger partial charge in [0, 0.05) is 17.7 Å². The lowest BCUT2D eigenvalue weighted by atomic mass is 9.81. The van der Waals surface area contributed by atoms with Crippen LogP contribution >= 0.6 is 0 Å². The van der Waals surface area contributed by atoms with Crippen molar-refractivity contribution in [1.82, 2.24) is 4.90 Å². The molecule has 1 atom stereocenters. The molecule has 0 radical (unpaired) electrons. The van der Waals surface area contributed by atoms with Crippen molar-refractivity contribution in [1.29, 1.82) is 0 Å². The number of aromatic hydroxyl groups is 1. The summed E-state index contributed by atoms with van der Waals surface area (Å²) in [5, 5.41) is 10.3. The normalized spacial score (nSPS) is 22.6. The Bertz CT molecular complexity index is 1050. The fraction of sp³-hybridized carbons (Fsp3) is 0.300. The smallest absolute Gasteiger partial charge is 0.345 e. The van der Waals surface area contributed by atoms with E-state index in [4.69, 9.17) is 18.9 Å². The van der Waals surface area contributed by atoms with E-state index in [0.29, 0.717) is 30.0 Å². The number of carbonyl (C=O) groups is 2.